The lowest BCUT2D eigenvalue weighted by Gasteiger charge is -2.04. The third kappa shape index (κ3) is 3.61. The maximum atomic E-state index is 10.6. The van der Waals surface area contributed by atoms with Crippen LogP contribution in [0.15, 0.2) is 17.4 Å². The number of aliphatic carboxylic acids is 1. The van der Waals surface area contributed by atoms with E-state index in [4.69, 9.17) is 5.11 Å². The normalized spacial score (nSPS) is 10.9. The second kappa shape index (κ2) is 5.79. The summed E-state index contributed by atoms with van der Waals surface area (Å²) in [6.45, 7) is 6.89. The van der Waals surface area contributed by atoms with Gasteiger partial charge in [-0.2, -0.15) is 0 Å². The fourth-order valence-electron chi connectivity index (χ4n) is 1.77. The van der Waals surface area contributed by atoms with Gasteiger partial charge in [0.2, 0.25) is 0 Å². The number of thioether (sulfide) groups is 1. The Morgan fingerprint density at radius 3 is 2.79 bits per heavy atom. The highest BCUT2D eigenvalue weighted by molar-refractivity contribution is 7.99. The lowest BCUT2D eigenvalue weighted by molar-refractivity contribution is -0.133. The summed E-state index contributed by atoms with van der Waals surface area (Å²) in [5.41, 5.74) is 2.22. The molecule has 0 aliphatic rings. The van der Waals surface area contributed by atoms with Gasteiger partial charge in [0.05, 0.1) is 18.0 Å². The zero-order valence-corrected chi connectivity index (χ0v) is 12.8. The first kappa shape index (κ1) is 14.1. The van der Waals surface area contributed by atoms with Crippen LogP contribution < -0.4 is 0 Å². The van der Waals surface area contributed by atoms with Crippen molar-refractivity contribution in [3.63, 3.8) is 0 Å². The third-order valence-corrected chi connectivity index (χ3v) is 4.84. The number of carboxylic acids is 1. The van der Waals surface area contributed by atoms with Gasteiger partial charge in [0, 0.05) is 16.0 Å². The van der Waals surface area contributed by atoms with Crippen LogP contribution in [0, 0.1) is 20.8 Å². The second-order valence-corrected chi connectivity index (χ2v) is 6.71. The van der Waals surface area contributed by atoms with Crippen LogP contribution in [0.3, 0.4) is 0 Å². The molecule has 0 aromatic carbocycles. The molecule has 102 valence electrons. The maximum Gasteiger partial charge on any atom is 0.313 e. The van der Waals surface area contributed by atoms with Gasteiger partial charge in [-0.05, 0) is 32.4 Å². The van der Waals surface area contributed by atoms with Crippen molar-refractivity contribution in [1.82, 2.24) is 9.55 Å². The molecule has 2 rings (SSSR count). The van der Waals surface area contributed by atoms with E-state index >= 15 is 0 Å². The summed E-state index contributed by atoms with van der Waals surface area (Å²) in [5.74, 6) is -0.779. The Morgan fingerprint density at radius 2 is 2.21 bits per heavy atom. The molecular formula is C13H16N2O2S2. The van der Waals surface area contributed by atoms with E-state index in [1.807, 2.05) is 17.7 Å². The molecule has 0 unspecified atom stereocenters. The minimum Gasteiger partial charge on any atom is -0.481 e. The molecule has 2 aromatic heterocycles. The van der Waals surface area contributed by atoms with Crippen molar-refractivity contribution < 1.29 is 9.90 Å². The molecule has 0 amide bonds. The standard InChI is InChI=1S/C13H16N2O2S2/c1-8-4-11(19-10(8)3)6-15-5-9(2)14-13(15)18-7-12(16)17/h4-5H,6-7H2,1-3H3,(H,16,17). The smallest absolute Gasteiger partial charge is 0.313 e. The van der Waals surface area contributed by atoms with E-state index in [0.717, 1.165) is 17.4 Å². The number of rotatable bonds is 5. The van der Waals surface area contributed by atoms with E-state index in [1.54, 1.807) is 11.3 Å². The zero-order chi connectivity index (χ0) is 14.0. The molecule has 0 bridgehead atoms. The van der Waals surface area contributed by atoms with E-state index in [0.29, 0.717) is 0 Å². The van der Waals surface area contributed by atoms with Crippen molar-refractivity contribution in [2.45, 2.75) is 32.5 Å². The molecule has 1 N–H and O–H groups in total. The second-order valence-electron chi connectivity index (χ2n) is 4.43. The molecule has 2 aromatic rings. The summed E-state index contributed by atoms with van der Waals surface area (Å²) in [6, 6.07) is 2.18. The number of hydrogen-bond donors (Lipinski definition) is 1. The third-order valence-electron chi connectivity index (χ3n) is 2.73. The monoisotopic (exact) mass is 296 g/mol. The first-order valence-corrected chi connectivity index (χ1v) is 7.70. The molecule has 2 heterocycles. The number of nitrogens with zero attached hydrogens (tertiary/aromatic N) is 2. The van der Waals surface area contributed by atoms with Gasteiger partial charge in [-0.3, -0.25) is 4.79 Å². The molecule has 6 heteroatoms. The van der Waals surface area contributed by atoms with Crippen LogP contribution in [-0.2, 0) is 11.3 Å². The van der Waals surface area contributed by atoms with Crippen molar-refractivity contribution in [3.8, 4) is 0 Å². The molecule has 0 radical (unpaired) electrons. The van der Waals surface area contributed by atoms with Crippen molar-refractivity contribution in [3.05, 3.63) is 33.3 Å². The van der Waals surface area contributed by atoms with Gasteiger partial charge in [-0.1, -0.05) is 11.8 Å². The van der Waals surface area contributed by atoms with E-state index < -0.39 is 5.97 Å². The minimum atomic E-state index is -0.819. The lowest BCUT2D eigenvalue weighted by Crippen LogP contribution is -2.02. The highest BCUT2D eigenvalue weighted by Gasteiger charge is 2.10. The summed E-state index contributed by atoms with van der Waals surface area (Å²) in [6.07, 6.45) is 1.97. The number of carbonyl (C=O) groups is 1. The summed E-state index contributed by atoms with van der Waals surface area (Å²) in [4.78, 5) is 17.6. The quantitative estimate of drug-likeness (QED) is 0.861. The van der Waals surface area contributed by atoms with E-state index in [2.05, 4.69) is 24.9 Å². The van der Waals surface area contributed by atoms with Crippen LogP contribution in [0.1, 0.15) is 21.0 Å². The average molecular weight is 296 g/mol. The van der Waals surface area contributed by atoms with Gasteiger partial charge in [-0.15, -0.1) is 11.3 Å². The average Bonchev–Trinajstić information content (AvgIpc) is 2.80. The highest BCUT2D eigenvalue weighted by Crippen LogP contribution is 2.24. The van der Waals surface area contributed by atoms with Gasteiger partial charge in [0.1, 0.15) is 0 Å². The van der Waals surface area contributed by atoms with Crippen molar-refractivity contribution in [2.24, 2.45) is 0 Å². The predicted octanol–water partition coefficient (Wildman–Crippen LogP) is 3.09. The van der Waals surface area contributed by atoms with Crippen molar-refractivity contribution >= 4 is 29.1 Å². The SMILES string of the molecule is Cc1cn(Cc2cc(C)c(C)s2)c(SCC(=O)O)n1. The van der Waals surface area contributed by atoms with E-state index in [9.17, 15) is 4.79 Å². The molecule has 0 spiro atoms. The number of hydrogen-bond acceptors (Lipinski definition) is 4. The molecule has 0 fully saturated rings. The van der Waals surface area contributed by atoms with Crippen LogP contribution >= 0.6 is 23.1 Å². The van der Waals surface area contributed by atoms with Gasteiger partial charge in [0.15, 0.2) is 5.16 Å². The summed E-state index contributed by atoms with van der Waals surface area (Å²) >= 11 is 3.04. The Labute approximate surface area is 120 Å². The van der Waals surface area contributed by atoms with Crippen LogP contribution in [0.25, 0.3) is 0 Å². The van der Waals surface area contributed by atoms with E-state index in [1.165, 1.54) is 27.1 Å². The molecule has 0 atom stereocenters. The summed E-state index contributed by atoms with van der Waals surface area (Å²) < 4.78 is 2.02. The molecule has 0 saturated heterocycles. The van der Waals surface area contributed by atoms with Gasteiger partial charge in [0.25, 0.3) is 0 Å². The molecular weight excluding hydrogens is 280 g/mol. The Kier molecular flexibility index (Phi) is 4.31. The largest absolute Gasteiger partial charge is 0.481 e. The first-order chi connectivity index (χ1) is 8.95. The fourth-order valence-corrected chi connectivity index (χ4v) is 3.57. The Hall–Kier alpha value is -1.27. The number of thiophene rings is 1. The van der Waals surface area contributed by atoms with Gasteiger partial charge >= 0.3 is 5.97 Å². The molecule has 0 aliphatic heterocycles. The Balaban J connectivity index is 2.17. The maximum absolute atomic E-state index is 10.6. The minimum absolute atomic E-state index is 0.0406. The summed E-state index contributed by atoms with van der Waals surface area (Å²) in [5, 5.41) is 9.51. The van der Waals surface area contributed by atoms with Crippen molar-refractivity contribution in [1.29, 1.82) is 0 Å². The number of carboxylic acid groups (broad SMARTS) is 1. The zero-order valence-electron chi connectivity index (χ0n) is 11.1. The summed E-state index contributed by atoms with van der Waals surface area (Å²) in [7, 11) is 0. The first-order valence-electron chi connectivity index (χ1n) is 5.90. The van der Waals surface area contributed by atoms with Crippen LogP contribution in [-0.4, -0.2) is 26.4 Å². The van der Waals surface area contributed by atoms with Crippen molar-refractivity contribution in [2.75, 3.05) is 5.75 Å². The van der Waals surface area contributed by atoms with Gasteiger partial charge < -0.3 is 9.67 Å². The highest BCUT2D eigenvalue weighted by atomic mass is 32.2. The van der Waals surface area contributed by atoms with Crippen LogP contribution in [0.4, 0.5) is 0 Å². The molecule has 4 nitrogen and oxygen atoms in total. The predicted molar refractivity (Wildman–Crippen MR) is 78.2 cm³/mol. The molecule has 0 aliphatic carbocycles. The number of imidazole rings is 1. The molecule has 19 heavy (non-hydrogen) atoms. The van der Waals surface area contributed by atoms with Crippen LogP contribution in [0.2, 0.25) is 0 Å². The number of aromatic nitrogens is 2. The van der Waals surface area contributed by atoms with E-state index in [-0.39, 0.29) is 5.75 Å². The Bertz CT molecular complexity index is 582. The Morgan fingerprint density at radius 1 is 1.47 bits per heavy atom. The van der Waals surface area contributed by atoms with Gasteiger partial charge in [-0.25, -0.2) is 4.98 Å². The molecule has 0 saturated carbocycles. The fraction of sp³-hybridized carbons (Fsp3) is 0.385. The topological polar surface area (TPSA) is 55.1 Å². The van der Waals surface area contributed by atoms with Crippen LogP contribution in [0.5, 0.6) is 0 Å². The number of aryl methyl sites for hydroxylation is 3. The lowest BCUT2D eigenvalue weighted by atomic mass is 10.3.